The largest absolute Gasteiger partial charge is 0.460 e. The van der Waals surface area contributed by atoms with Crippen LogP contribution in [0.1, 0.15) is 0 Å². The van der Waals surface area contributed by atoms with E-state index >= 15 is 0 Å². The van der Waals surface area contributed by atoms with Crippen molar-refractivity contribution in [3.63, 3.8) is 0 Å². The smallest absolute Gasteiger partial charge is 0.395 e. The average Bonchev–Trinajstić information content (AvgIpc) is 2.50. The van der Waals surface area contributed by atoms with E-state index in [1.807, 2.05) is 0 Å². The molecule has 0 saturated carbocycles. The summed E-state index contributed by atoms with van der Waals surface area (Å²) in [6.07, 6.45) is -8.51. The van der Waals surface area contributed by atoms with E-state index in [0.29, 0.717) is 0 Å². The summed E-state index contributed by atoms with van der Waals surface area (Å²) < 4.78 is 176. The lowest BCUT2D eigenvalue weighted by Gasteiger charge is -2.39. The third-order valence-electron chi connectivity index (χ3n) is 3.36. The van der Waals surface area contributed by atoms with Crippen LogP contribution in [0.5, 0.6) is 0 Å². The molecule has 0 aromatic heterocycles. The highest BCUT2D eigenvalue weighted by Crippen LogP contribution is 2.60. The highest BCUT2D eigenvalue weighted by molar-refractivity contribution is 6.71. The zero-order valence-corrected chi connectivity index (χ0v) is 14.4. The Kier molecular flexibility index (Phi) is 6.82. The lowest BCUT2D eigenvalue weighted by Crippen LogP contribution is -2.69. The lowest BCUT2D eigenvalue weighted by molar-refractivity contribution is -0.436. The first kappa shape index (κ1) is 26.0. The van der Waals surface area contributed by atoms with Crippen molar-refractivity contribution in [2.24, 2.45) is 0 Å². The third-order valence-corrected chi connectivity index (χ3v) is 5.76. The summed E-state index contributed by atoms with van der Waals surface area (Å²) in [5.41, 5.74) is -0.0168. The molecule has 0 unspecified atom stereocenters. The van der Waals surface area contributed by atoms with Gasteiger partial charge >= 0.3 is 44.3 Å². The van der Waals surface area contributed by atoms with Gasteiger partial charge in [0, 0.05) is 14.2 Å². The highest BCUT2D eigenvalue weighted by atomic mass is 28.4. The quantitative estimate of drug-likeness (QED) is 0.375. The van der Waals surface area contributed by atoms with Crippen LogP contribution in [0, 0.1) is 0 Å². The van der Waals surface area contributed by atoms with Crippen LogP contribution in [-0.4, -0.2) is 58.6 Å². The molecule has 0 atom stereocenters. The van der Waals surface area contributed by atoms with Crippen molar-refractivity contribution in [2.45, 2.75) is 42.3 Å². The van der Waals surface area contributed by atoms with E-state index in [1.54, 1.807) is 0 Å². The van der Waals surface area contributed by atoms with Gasteiger partial charge in [0.1, 0.15) is 0 Å². The van der Waals surface area contributed by atoms with Gasteiger partial charge in [0.05, 0.1) is 0 Å². The van der Waals surface area contributed by atoms with Crippen LogP contribution in [0.3, 0.4) is 0 Å². The SMILES string of the molecule is CO[Si](C)(/C=C/C(F)(F)C(F)(F)C(F)(F)C(F)(F)C(F)(F)C(F)(F)F)OC. The van der Waals surface area contributed by atoms with Gasteiger partial charge in [-0.1, -0.05) is 0 Å². The molecule has 0 aliphatic carbocycles. The zero-order valence-electron chi connectivity index (χ0n) is 13.4. The molecule has 0 aliphatic heterocycles. The molecule has 0 aromatic carbocycles. The van der Waals surface area contributed by atoms with E-state index in [9.17, 15) is 57.1 Å². The summed E-state index contributed by atoms with van der Waals surface area (Å²) >= 11 is 0. The molecule has 0 fully saturated rings. The van der Waals surface area contributed by atoms with E-state index < -0.39 is 50.4 Å². The summed E-state index contributed by atoms with van der Waals surface area (Å²) in [6, 6.07) is 0. The normalized spacial score (nSPS) is 16.3. The van der Waals surface area contributed by atoms with Gasteiger partial charge in [0.25, 0.3) is 0 Å². The minimum absolute atomic E-state index is 0.0168. The third kappa shape index (κ3) is 4.06. The Morgan fingerprint density at radius 1 is 0.593 bits per heavy atom. The van der Waals surface area contributed by atoms with Gasteiger partial charge in [0.2, 0.25) is 0 Å². The summed E-state index contributed by atoms with van der Waals surface area (Å²) in [7, 11) is -2.17. The van der Waals surface area contributed by atoms with Crippen LogP contribution >= 0.6 is 0 Å². The number of hydrogen-bond donors (Lipinski definition) is 0. The molecule has 0 aromatic rings. The minimum Gasteiger partial charge on any atom is -0.395 e. The van der Waals surface area contributed by atoms with Crippen LogP contribution in [0.4, 0.5) is 57.1 Å². The Bertz CT molecular complexity index is 551. The van der Waals surface area contributed by atoms with Crippen LogP contribution in [0.2, 0.25) is 6.55 Å². The van der Waals surface area contributed by atoms with Crippen molar-refractivity contribution in [3.8, 4) is 0 Å². The van der Waals surface area contributed by atoms with Crippen molar-refractivity contribution in [1.29, 1.82) is 0 Å². The van der Waals surface area contributed by atoms with E-state index in [2.05, 4.69) is 8.85 Å². The predicted molar refractivity (Wildman–Crippen MR) is 65.6 cm³/mol. The standard InChI is InChI=1S/C11H11F13O2Si/c1-25-27(3,26-2)5-4-6(12,13)7(14,15)8(16,17)9(18,19)10(20,21)11(22,23)24/h4-5H,1-3H3/b5-4+. The Balaban J connectivity index is 6.28. The summed E-state index contributed by atoms with van der Waals surface area (Å²) in [5.74, 6) is -37.1. The van der Waals surface area contributed by atoms with Gasteiger partial charge in [-0.2, -0.15) is 57.1 Å². The topological polar surface area (TPSA) is 18.5 Å². The maximum absolute atomic E-state index is 13.5. The second kappa shape index (κ2) is 7.09. The predicted octanol–water partition coefficient (Wildman–Crippen LogP) is 5.19. The molecule has 2 nitrogen and oxygen atoms in total. The van der Waals surface area contributed by atoms with Gasteiger partial charge in [-0.15, -0.1) is 0 Å². The minimum atomic E-state index is -7.91. The Hall–Kier alpha value is -1.03. The fourth-order valence-corrected chi connectivity index (χ4v) is 2.31. The molecular formula is C11H11F13O2Si. The van der Waals surface area contributed by atoms with Crippen molar-refractivity contribution in [3.05, 3.63) is 11.8 Å². The maximum atomic E-state index is 13.5. The van der Waals surface area contributed by atoms with Crippen molar-refractivity contribution in [1.82, 2.24) is 0 Å². The molecular weight excluding hydrogens is 439 g/mol. The molecule has 0 N–H and O–H groups in total. The number of alkyl halides is 13. The zero-order chi connectivity index (χ0) is 22.3. The highest BCUT2D eigenvalue weighted by Gasteiger charge is 2.90. The second-order valence-electron chi connectivity index (χ2n) is 5.18. The number of halogens is 13. The first-order chi connectivity index (χ1) is 11.6. The van der Waals surface area contributed by atoms with Gasteiger partial charge in [-0.25, -0.2) is 0 Å². The molecule has 162 valence electrons. The first-order valence-corrected chi connectivity index (χ1v) is 8.74. The number of rotatable bonds is 8. The summed E-state index contributed by atoms with van der Waals surface area (Å²) in [5, 5.41) is 0. The monoisotopic (exact) mass is 450 g/mol. The van der Waals surface area contributed by atoms with E-state index in [4.69, 9.17) is 0 Å². The second-order valence-corrected chi connectivity index (χ2v) is 8.36. The van der Waals surface area contributed by atoms with Gasteiger partial charge in [-0.05, 0) is 18.3 Å². The van der Waals surface area contributed by atoms with Gasteiger partial charge < -0.3 is 8.85 Å². The van der Waals surface area contributed by atoms with Crippen molar-refractivity contribution >= 4 is 8.56 Å². The van der Waals surface area contributed by atoms with E-state index in [0.717, 1.165) is 20.8 Å². The number of allylic oxidation sites excluding steroid dienone is 1. The van der Waals surface area contributed by atoms with Crippen LogP contribution in [-0.2, 0) is 8.85 Å². The molecule has 27 heavy (non-hydrogen) atoms. The fraction of sp³-hybridized carbons (Fsp3) is 0.818. The fourth-order valence-electron chi connectivity index (χ4n) is 1.36. The van der Waals surface area contributed by atoms with Crippen LogP contribution < -0.4 is 0 Å². The summed E-state index contributed by atoms with van der Waals surface area (Å²) in [4.78, 5) is 0. The van der Waals surface area contributed by atoms with Crippen LogP contribution in [0.25, 0.3) is 0 Å². The molecule has 0 aliphatic rings. The Labute approximate surface area is 144 Å². The molecule has 0 saturated heterocycles. The van der Waals surface area contributed by atoms with Crippen molar-refractivity contribution < 1.29 is 65.9 Å². The lowest BCUT2D eigenvalue weighted by atomic mass is 9.94. The molecule has 0 amide bonds. The molecule has 0 heterocycles. The number of hydrogen-bond acceptors (Lipinski definition) is 2. The Morgan fingerprint density at radius 2 is 0.926 bits per heavy atom. The van der Waals surface area contributed by atoms with E-state index in [1.165, 1.54) is 0 Å². The van der Waals surface area contributed by atoms with E-state index in [-0.39, 0.29) is 5.70 Å². The molecule has 0 rings (SSSR count). The average molecular weight is 450 g/mol. The molecule has 0 radical (unpaired) electrons. The first-order valence-electron chi connectivity index (χ1n) is 6.34. The van der Waals surface area contributed by atoms with Crippen LogP contribution in [0.15, 0.2) is 11.8 Å². The molecule has 0 spiro atoms. The molecule has 0 bridgehead atoms. The van der Waals surface area contributed by atoms with Gasteiger partial charge in [0.15, 0.2) is 0 Å². The maximum Gasteiger partial charge on any atom is 0.460 e. The Morgan fingerprint density at radius 3 is 1.22 bits per heavy atom. The summed E-state index contributed by atoms with van der Waals surface area (Å²) in [6.45, 7) is 0.905. The van der Waals surface area contributed by atoms with Gasteiger partial charge in [-0.3, -0.25) is 0 Å². The molecule has 16 heteroatoms. The van der Waals surface area contributed by atoms with Crippen molar-refractivity contribution in [2.75, 3.05) is 14.2 Å².